The highest BCUT2D eigenvalue weighted by atomic mass is 16.2. The van der Waals surface area contributed by atoms with Crippen LogP contribution < -0.4 is 10.6 Å². The van der Waals surface area contributed by atoms with Crippen LogP contribution in [0.1, 0.15) is 49.6 Å². The fourth-order valence-electron chi connectivity index (χ4n) is 2.50. The fraction of sp³-hybridized carbons (Fsp3) is 0.444. The van der Waals surface area contributed by atoms with Crippen LogP contribution in [0.25, 0.3) is 5.69 Å². The lowest BCUT2D eigenvalue weighted by Crippen LogP contribution is -2.37. The largest absolute Gasteiger partial charge is 0.338 e. The van der Waals surface area contributed by atoms with Crippen LogP contribution in [0.2, 0.25) is 0 Å². The Balaban J connectivity index is 2.06. The summed E-state index contributed by atoms with van der Waals surface area (Å²) < 4.78 is 1.90. The highest BCUT2D eigenvalue weighted by Gasteiger charge is 2.16. The second-order valence-corrected chi connectivity index (χ2v) is 5.91. The molecule has 0 unspecified atom stereocenters. The number of aryl methyl sites for hydroxylation is 1. The van der Waals surface area contributed by atoms with E-state index < -0.39 is 0 Å². The van der Waals surface area contributed by atoms with E-state index in [1.54, 1.807) is 0 Å². The van der Waals surface area contributed by atoms with Gasteiger partial charge in [0.2, 0.25) is 0 Å². The minimum atomic E-state index is -0.131. The molecule has 2 aromatic rings. The van der Waals surface area contributed by atoms with E-state index in [1.165, 1.54) is 5.56 Å². The number of urea groups is 1. The molecule has 1 aromatic heterocycles. The summed E-state index contributed by atoms with van der Waals surface area (Å²) in [5.74, 6) is 0. The summed E-state index contributed by atoms with van der Waals surface area (Å²) in [6.07, 6.45) is 3.89. The number of nitrogens with one attached hydrogen (secondary N) is 2. The molecule has 0 radical (unpaired) electrons. The van der Waals surface area contributed by atoms with Crippen LogP contribution in [0.5, 0.6) is 0 Å². The maximum Gasteiger partial charge on any atom is 0.315 e. The van der Waals surface area contributed by atoms with Gasteiger partial charge in [-0.05, 0) is 39.3 Å². The van der Waals surface area contributed by atoms with E-state index in [2.05, 4.69) is 53.8 Å². The van der Waals surface area contributed by atoms with E-state index in [-0.39, 0.29) is 12.1 Å². The molecule has 0 spiro atoms. The van der Waals surface area contributed by atoms with Gasteiger partial charge in [0.05, 0.1) is 17.9 Å². The van der Waals surface area contributed by atoms with Crippen LogP contribution in [0, 0.1) is 13.8 Å². The summed E-state index contributed by atoms with van der Waals surface area (Å²) in [6.45, 7) is 8.87. The van der Waals surface area contributed by atoms with Crippen molar-refractivity contribution in [1.29, 1.82) is 0 Å². The molecule has 124 valence electrons. The second kappa shape index (κ2) is 7.81. The van der Waals surface area contributed by atoms with Gasteiger partial charge in [-0.1, -0.05) is 31.0 Å². The van der Waals surface area contributed by atoms with Gasteiger partial charge in [0.15, 0.2) is 0 Å². The number of benzene rings is 1. The molecular weight excluding hydrogens is 288 g/mol. The van der Waals surface area contributed by atoms with Crippen LogP contribution >= 0.6 is 0 Å². The van der Waals surface area contributed by atoms with E-state index in [0.29, 0.717) is 6.54 Å². The molecule has 1 atom stereocenters. The van der Waals surface area contributed by atoms with Crippen molar-refractivity contribution in [2.24, 2.45) is 0 Å². The Morgan fingerprint density at radius 1 is 1.26 bits per heavy atom. The zero-order valence-electron chi connectivity index (χ0n) is 14.4. The first kappa shape index (κ1) is 17.1. The molecule has 0 aliphatic carbocycles. The number of amides is 2. The lowest BCUT2D eigenvalue weighted by molar-refractivity contribution is 0.237. The van der Waals surface area contributed by atoms with Gasteiger partial charge >= 0.3 is 6.03 Å². The highest BCUT2D eigenvalue weighted by molar-refractivity contribution is 5.74. The Morgan fingerprint density at radius 3 is 2.61 bits per heavy atom. The SMILES string of the molecule is CCCCNC(=O)N[C@H](C)c1cnn(-c2ccc(C)cc2)c1C. The van der Waals surface area contributed by atoms with Gasteiger partial charge in [0.1, 0.15) is 0 Å². The van der Waals surface area contributed by atoms with Crippen molar-refractivity contribution in [2.45, 2.75) is 46.6 Å². The van der Waals surface area contributed by atoms with E-state index in [9.17, 15) is 4.79 Å². The van der Waals surface area contributed by atoms with Gasteiger partial charge in [-0.3, -0.25) is 0 Å². The quantitative estimate of drug-likeness (QED) is 0.800. The summed E-state index contributed by atoms with van der Waals surface area (Å²) in [5.41, 5.74) is 4.31. The molecule has 0 fully saturated rings. The summed E-state index contributed by atoms with van der Waals surface area (Å²) >= 11 is 0. The number of unbranched alkanes of at least 4 members (excludes halogenated alkanes) is 1. The van der Waals surface area contributed by atoms with Gasteiger partial charge in [-0.2, -0.15) is 5.10 Å². The average Bonchev–Trinajstić information content (AvgIpc) is 2.90. The molecule has 0 aliphatic heterocycles. The second-order valence-electron chi connectivity index (χ2n) is 5.91. The molecule has 1 heterocycles. The van der Waals surface area contributed by atoms with Crippen LogP contribution in [-0.2, 0) is 0 Å². The zero-order chi connectivity index (χ0) is 16.8. The van der Waals surface area contributed by atoms with E-state index in [0.717, 1.165) is 29.8 Å². The van der Waals surface area contributed by atoms with Crippen molar-refractivity contribution in [3.05, 3.63) is 47.3 Å². The Labute approximate surface area is 138 Å². The molecule has 5 nitrogen and oxygen atoms in total. The monoisotopic (exact) mass is 314 g/mol. The predicted octanol–water partition coefficient (Wildman–Crippen LogP) is 3.65. The molecule has 0 bridgehead atoms. The van der Waals surface area contributed by atoms with E-state index in [1.807, 2.05) is 24.7 Å². The number of hydrogen-bond acceptors (Lipinski definition) is 2. The average molecular weight is 314 g/mol. The first-order valence-electron chi connectivity index (χ1n) is 8.18. The minimum Gasteiger partial charge on any atom is -0.338 e. The third-order valence-corrected chi connectivity index (χ3v) is 3.96. The summed E-state index contributed by atoms with van der Waals surface area (Å²) in [4.78, 5) is 11.9. The normalized spacial score (nSPS) is 12.0. The van der Waals surface area contributed by atoms with Crippen LogP contribution in [0.4, 0.5) is 4.79 Å². The smallest absolute Gasteiger partial charge is 0.315 e. The molecule has 0 saturated carbocycles. The van der Waals surface area contributed by atoms with E-state index >= 15 is 0 Å². The van der Waals surface area contributed by atoms with Gasteiger partial charge in [-0.25, -0.2) is 9.48 Å². The van der Waals surface area contributed by atoms with Crippen molar-refractivity contribution < 1.29 is 4.79 Å². The Bertz CT molecular complexity index is 646. The molecule has 2 rings (SSSR count). The van der Waals surface area contributed by atoms with Gasteiger partial charge < -0.3 is 10.6 Å². The Kier molecular flexibility index (Phi) is 5.79. The van der Waals surface area contributed by atoms with Crippen molar-refractivity contribution in [2.75, 3.05) is 6.54 Å². The first-order chi connectivity index (χ1) is 11.0. The molecule has 0 saturated heterocycles. The minimum absolute atomic E-state index is 0.0872. The molecule has 5 heteroatoms. The Morgan fingerprint density at radius 2 is 1.96 bits per heavy atom. The molecule has 2 N–H and O–H groups in total. The van der Waals surface area contributed by atoms with Crippen LogP contribution in [0.3, 0.4) is 0 Å². The number of carbonyl (C=O) groups is 1. The first-order valence-corrected chi connectivity index (χ1v) is 8.18. The summed E-state index contributed by atoms with van der Waals surface area (Å²) in [5, 5.41) is 10.3. The van der Waals surface area contributed by atoms with Gasteiger partial charge in [0.25, 0.3) is 0 Å². The van der Waals surface area contributed by atoms with Crippen molar-refractivity contribution in [1.82, 2.24) is 20.4 Å². The van der Waals surface area contributed by atoms with Crippen LogP contribution in [0.15, 0.2) is 30.5 Å². The van der Waals surface area contributed by atoms with Gasteiger partial charge in [0, 0.05) is 17.8 Å². The van der Waals surface area contributed by atoms with Crippen molar-refractivity contribution in [3.63, 3.8) is 0 Å². The standard InChI is InChI=1S/C18H26N4O/c1-5-6-11-19-18(23)21-14(3)17-12-20-22(15(17)4)16-9-7-13(2)8-10-16/h7-10,12,14H,5-6,11H2,1-4H3,(H2,19,21,23)/t14-/m1/s1. The topological polar surface area (TPSA) is 59.0 Å². The molecule has 0 aliphatic rings. The maximum atomic E-state index is 11.9. The molecule has 23 heavy (non-hydrogen) atoms. The lowest BCUT2D eigenvalue weighted by atomic mass is 10.1. The highest BCUT2D eigenvalue weighted by Crippen LogP contribution is 2.20. The number of aromatic nitrogens is 2. The summed E-state index contributed by atoms with van der Waals surface area (Å²) in [6, 6.07) is 8.02. The predicted molar refractivity (Wildman–Crippen MR) is 92.9 cm³/mol. The maximum absolute atomic E-state index is 11.9. The van der Waals surface area contributed by atoms with Gasteiger partial charge in [-0.15, -0.1) is 0 Å². The fourth-order valence-corrected chi connectivity index (χ4v) is 2.50. The van der Waals surface area contributed by atoms with Crippen molar-refractivity contribution >= 4 is 6.03 Å². The number of rotatable bonds is 6. The van der Waals surface area contributed by atoms with Crippen molar-refractivity contribution in [3.8, 4) is 5.69 Å². The third-order valence-electron chi connectivity index (χ3n) is 3.96. The van der Waals surface area contributed by atoms with E-state index in [4.69, 9.17) is 0 Å². The van der Waals surface area contributed by atoms with Crippen LogP contribution in [-0.4, -0.2) is 22.4 Å². The number of hydrogen-bond donors (Lipinski definition) is 2. The molecular formula is C18H26N4O. The molecule has 1 aromatic carbocycles. The number of nitrogens with zero attached hydrogens (tertiary/aromatic N) is 2. The number of carbonyl (C=O) groups excluding carboxylic acids is 1. The Hall–Kier alpha value is -2.30. The lowest BCUT2D eigenvalue weighted by Gasteiger charge is -2.15. The molecule has 2 amide bonds. The zero-order valence-corrected chi connectivity index (χ0v) is 14.4. The third kappa shape index (κ3) is 4.34. The summed E-state index contributed by atoms with van der Waals surface area (Å²) in [7, 11) is 0.